The van der Waals surface area contributed by atoms with Crippen LogP contribution in [0.3, 0.4) is 0 Å². The van der Waals surface area contributed by atoms with Crippen molar-refractivity contribution in [1.29, 1.82) is 0 Å². The topological polar surface area (TPSA) is 32.7 Å². The lowest BCUT2D eigenvalue weighted by atomic mass is 10.0. The fourth-order valence-corrected chi connectivity index (χ4v) is 3.17. The molecule has 0 bridgehead atoms. The third-order valence-corrected chi connectivity index (χ3v) is 4.16. The molecule has 0 saturated heterocycles. The van der Waals surface area contributed by atoms with E-state index in [-0.39, 0.29) is 0 Å². The first-order valence-electron chi connectivity index (χ1n) is 6.63. The van der Waals surface area contributed by atoms with Crippen molar-refractivity contribution < 1.29 is 9.84 Å². The molecular formula is C15H25NO2S. The molecule has 0 aromatic heterocycles. The summed E-state index contributed by atoms with van der Waals surface area (Å²) >= 11 is 1.85. The minimum absolute atomic E-state index is 0.458. The lowest BCUT2D eigenvalue weighted by Gasteiger charge is -2.31. The van der Waals surface area contributed by atoms with Crippen LogP contribution >= 0.6 is 11.8 Å². The molecule has 0 spiro atoms. The number of hydrogen-bond acceptors (Lipinski definition) is 4. The van der Waals surface area contributed by atoms with Gasteiger partial charge in [0.25, 0.3) is 0 Å². The Morgan fingerprint density at radius 2 is 2.11 bits per heavy atom. The average molecular weight is 283 g/mol. The molecule has 0 aliphatic carbocycles. The fourth-order valence-electron chi connectivity index (χ4n) is 2.33. The summed E-state index contributed by atoms with van der Waals surface area (Å²) in [6, 6.07) is 6.38. The lowest BCUT2D eigenvalue weighted by Crippen LogP contribution is -2.34. The highest BCUT2D eigenvalue weighted by Gasteiger charge is 2.20. The van der Waals surface area contributed by atoms with E-state index in [1.54, 1.807) is 14.0 Å². The van der Waals surface area contributed by atoms with E-state index >= 15 is 0 Å². The van der Waals surface area contributed by atoms with Gasteiger partial charge in [0.05, 0.1) is 13.2 Å². The number of thioether (sulfide) groups is 1. The van der Waals surface area contributed by atoms with Gasteiger partial charge in [0.15, 0.2) is 0 Å². The third-order valence-electron chi connectivity index (χ3n) is 3.44. The molecule has 2 unspecified atom stereocenters. The smallest absolute Gasteiger partial charge is 0.126 e. The molecular weight excluding hydrogens is 258 g/mol. The van der Waals surface area contributed by atoms with Gasteiger partial charge in [-0.2, -0.15) is 11.8 Å². The number of ether oxygens (including phenoxy) is 1. The van der Waals surface area contributed by atoms with Crippen molar-refractivity contribution in [2.75, 3.05) is 31.1 Å². The molecule has 4 heteroatoms. The summed E-state index contributed by atoms with van der Waals surface area (Å²) in [5.74, 6) is 1.82. The molecule has 1 rings (SSSR count). The zero-order valence-electron chi connectivity index (χ0n) is 12.5. The first-order chi connectivity index (χ1) is 9.06. The van der Waals surface area contributed by atoms with Gasteiger partial charge in [0.2, 0.25) is 0 Å². The van der Waals surface area contributed by atoms with Gasteiger partial charge in [-0.15, -0.1) is 0 Å². The Hall–Kier alpha value is -0.870. The van der Waals surface area contributed by atoms with Crippen LogP contribution in [0.25, 0.3) is 0 Å². The summed E-state index contributed by atoms with van der Waals surface area (Å²) in [5.41, 5.74) is 1.92. The van der Waals surface area contributed by atoms with Crippen molar-refractivity contribution in [2.45, 2.75) is 32.4 Å². The lowest BCUT2D eigenvalue weighted by molar-refractivity contribution is 0.194. The predicted molar refractivity (Wildman–Crippen MR) is 84.5 cm³/mol. The molecule has 108 valence electrons. The van der Waals surface area contributed by atoms with E-state index in [0.29, 0.717) is 6.04 Å². The van der Waals surface area contributed by atoms with Crippen LogP contribution < -0.4 is 9.64 Å². The Balaban J connectivity index is 3.17. The van der Waals surface area contributed by atoms with Crippen molar-refractivity contribution in [3.63, 3.8) is 0 Å². The Bertz CT molecular complexity index is 396. The predicted octanol–water partition coefficient (Wildman–Crippen LogP) is 3.33. The van der Waals surface area contributed by atoms with E-state index < -0.39 is 6.10 Å². The molecule has 1 aromatic carbocycles. The van der Waals surface area contributed by atoms with Crippen LogP contribution in [0.15, 0.2) is 18.2 Å². The van der Waals surface area contributed by atoms with Crippen molar-refractivity contribution in [3.8, 4) is 5.75 Å². The number of hydrogen-bond donors (Lipinski definition) is 1. The SMILES string of the molecule is CCC(CSC)N(C)c1cccc(OC)c1C(C)O. The first kappa shape index (κ1) is 16.2. The second-order valence-electron chi connectivity index (χ2n) is 4.70. The largest absolute Gasteiger partial charge is 0.496 e. The number of aliphatic hydroxyl groups is 1. The minimum Gasteiger partial charge on any atom is -0.496 e. The number of benzene rings is 1. The standard InChI is InChI=1S/C15H25NO2S/c1-6-12(10-19-5)16(3)13-8-7-9-14(18-4)15(13)11(2)17/h7-9,11-12,17H,6,10H2,1-5H3. The zero-order valence-corrected chi connectivity index (χ0v) is 13.3. The Morgan fingerprint density at radius 3 is 2.58 bits per heavy atom. The van der Waals surface area contributed by atoms with Crippen molar-refractivity contribution in [3.05, 3.63) is 23.8 Å². The number of methoxy groups -OCH3 is 1. The van der Waals surface area contributed by atoms with Crippen molar-refractivity contribution >= 4 is 17.4 Å². The van der Waals surface area contributed by atoms with Crippen LogP contribution in [0.2, 0.25) is 0 Å². The quantitative estimate of drug-likeness (QED) is 0.832. The Labute approximate surface area is 121 Å². The van der Waals surface area contributed by atoms with Gasteiger partial charge in [0.1, 0.15) is 5.75 Å². The highest BCUT2D eigenvalue weighted by Crippen LogP contribution is 2.35. The number of anilines is 1. The van der Waals surface area contributed by atoms with Gasteiger partial charge in [-0.3, -0.25) is 0 Å². The van der Waals surface area contributed by atoms with E-state index in [0.717, 1.165) is 29.2 Å². The van der Waals surface area contributed by atoms with Gasteiger partial charge in [-0.25, -0.2) is 0 Å². The summed E-state index contributed by atoms with van der Waals surface area (Å²) in [5, 5.41) is 10.0. The molecule has 1 N–H and O–H groups in total. The summed E-state index contributed by atoms with van der Waals surface area (Å²) in [6.45, 7) is 3.98. The monoisotopic (exact) mass is 283 g/mol. The van der Waals surface area contributed by atoms with Gasteiger partial charge in [0, 0.05) is 30.1 Å². The fraction of sp³-hybridized carbons (Fsp3) is 0.600. The number of nitrogens with zero attached hydrogens (tertiary/aromatic N) is 1. The second kappa shape index (κ2) is 7.65. The minimum atomic E-state index is -0.541. The van der Waals surface area contributed by atoms with Crippen LogP contribution in [-0.2, 0) is 0 Å². The average Bonchev–Trinajstić information content (AvgIpc) is 2.42. The normalized spacial score (nSPS) is 14.0. The molecule has 0 aliphatic rings. The molecule has 2 atom stereocenters. The number of rotatable bonds is 7. The Morgan fingerprint density at radius 1 is 1.42 bits per heavy atom. The zero-order chi connectivity index (χ0) is 14.4. The molecule has 0 radical (unpaired) electrons. The molecule has 0 amide bonds. The van der Waals surface area contributed by atoms with E-state index in [1.165, 1.54) is 0 Å². The summed E-state index contributed by atoms with van der Waals surface area (Å²) in [6.07, 6.45) is 2.66. The van der Waals surface area contributed by atoms with Crippen LogP contribution in [0.5, 0.6) is 5.75 Å². The van der Waals surface area contributed by atoms with E-state index in [9.17, 15) is 5.11 Å². The maximum absolute atomic E-state index is 10.0. The molecule has 0 fully saturated rings. The van der Waals surface area contributed by atoms with Crippen LogP contribution in [0, 0.1) is 0 Å². The molecule has 0 heterocycles. The summed E-state index contributed by atoms with van der Waals surface area (Å²) in [4.78, 5) is 2.25. The van der Waals surface area contributed by atoms with Crippen molar-refractivity contribution in [1.82, 2.24) is 0 Å². The Kier molecular flexibility index (Phi) is 6.52. The van der Waals surface area contributed by atoms with Crippen LogP contribution in [0.1, 0.15) is 31.9 Å². The summed E-state index contributed by atoms with van der Waals surface area (Å²) < 4.78 is 5.38. The van der Waals surface area contributed by atoms with Gasteiger partial charge >= 0.3 is 0 Å². The highest BCUT2D eigenvalue weighted by molar-refractivity contribution is 7.98. The van der Waals surface area contributed by atoms with Crippen LogP contribution in [-0.4, -0.2) is 37.3 Å². The van der Waals surface area contributed by atoms with Gasteiger partial charge in [-0.05, 0) is 31.7 Å². The molecule has 0 aliphatic heterocycles. The third kappa shape index (κ3) is 3.80. The van der Waals surface area contributed by atoms with E-state index in [1.807, 2.05) is 30.0 Å². The first-order valence-corrected chi connectivity index (χ1v) is 8.02. The highest BCUT2D eigenvalue weighted by atomic mass is 32.2. The molecule has 0 saturated carbocycles. The molecule has 3 nitrogen and oxygen atoms in total. The van der Waals surface area contributed by atoms with Gasteiger partial charge in [-0.1, -0.05) is 13.0 Å². The second-order valence-corrected chi connectivity index (χ2v) is 5.61. The molecule has 1 aromatic rings. The maximum atomic E-state index is 10.0. The van der Waals surface area contributed by atoms with Crippen LogP contribution in [0.4, 0.5) is 5.69 Å². The molecule has 19 heavy (non-hydrogen) atoms. The van der Waals surface area contributed by atoms with Gasteiger partial charge < -0.3 is 14.7 Å². The van der Waals surface area contributed by atoms with E-state index in [4.69, 9.17) is 4.74 Å². The number of aliphatic hydroxyl groups excluding tert-OH is 1. The van der Waals surface area contributed by atoms with E-state index in [2.05, 4.69) is 25.1 Å². The maximum Gasteiger partial charge on any atom is 0.126 e. The summed E-state index contributed by atoms with van der Waals surface area (Å²) in [7, 11) is 3.73. The van der Waals surface area contributed by atoms with Crippen molar-refractivity contribution in [2.24, 2.45) is 0 Å².